The van der Waals surface area contributed by atoms with Gasteiger partial charge in [-0.1, -0.05) is 55.3 Å². The summed E-state index contributed by atoms with van der Waals surface area (Å²) < 4.78 is 0. The van der Waals surface area contributed by atoms with Crippen LogP contribution in [0.15, 0.2) is 48.5 Å². The first-order valence-electron chi connectivity index (χ1n) is 8.50. The lowest BCUT2D eigenvalue weighted by atomic mass is 10.1. The molecule has 2 aromatic carbocycles. The number of para-hydroxylation sites is 1. The van der Waals surface area contributed by atoms with Gasteiger partial charge in [0, 0.05) is 6.54 Å². The second-order valence-electron chi connectivity index (χ2n) is 6.10. The van der Waals surface area contributed by atoms with E-state index in [0.717, 1.165) is 12.0 Å². The number of nitrogens with one attached hydrogen (secondary N) is 2. The molecule has 2 rings (SSSR count). The normalized spacial score (nSPS) is 11.6. The minimum absolute atomic E-state index is 0.236. The molecule has 0 radical (unpaired) electrons. The maximum atomic E-state index is 12.5. The van der Waals surface area contributed by atoms with Gasteiger partial charge in [0.15, 0.2) is 0 Å². The van der Waals surface area contributed by atoms with Crippen molar-refractivity contribution in [2.45, 2.75) is 39.3 Å². The Morgan fingerprint density at radius 2 is 1.76 bits per heavy atom. The number of carbonyl (C=O) groups excluding carboxylic acids is 2. The van der Waals surface area contributed by atoms with Gasteiger partial charge in [-0.25, -0.2) is 0 Å². The molecule has 0 saturated carbocycles. The molecule has 0 aliphatic heterocycles. The van der Waals surface area contributed by atoms with E-state index in [2.05, 4.69) is 10.6 Å². The van der Waals surface area contributed by atoms with E-state index in [4.69, 9.17) is 5.73 Å². The summed E-state index contributed by atoms with van der Waals surface area (Å²) in [7, 11) is 0. The number of nitrogens with two attached hydrogens (primary N) is 1. The minimum Gasteiger partial charge on any atom is -0.348 e. The summed E-state index contributed by atoms with van der Waals surface area (Å²) in [6, 6.07) is 14.3. The predicted octanol–water partition coefficient (Wildman–Crippen LogP) is 2.99. The van der Waals surface area contributed by atoms with E-state index < -0.39 is 6.04 Å². The number of carbonyl (C=O) groups is 2. The molecule has 0 aromatic heterocycles. The first-order valence-corrected chi connectivity index (χ1v) is 8.50. The average molecular weight is 339 g/mol. The van der Waals surface area contributed by atoms with Gasteiger partial charge in [0.2, 0.25) is 5.91 Å². The van der Waals surface area contributed by atoms with Crippen LogP contribution in [0.2, 0.25) is 0 Å². The highest BCUT2D eigenvalue weighted by molar-refractivity contribution is 6.04. The van der Waals surface area contributed by atoms with Gasteiger partial charge in [0.05, 0.1) is 17.3 Å². The Labute approximate surface area is 148 Å². The van der Waals surface area contributed by atoms with Crippen LogP contribution in [0.25, 0.3) is 0 Å². The van der Waals surface area contributed by atoms with Crippen LogP contribution in [-0.2, 0) is 11.3 Å². The highest BCUT2D eigenvalue weighted by atomic mass is 16.2. The number of amides is 2. The largest absolute Gasteiger partial charge is 0.348 e. The fourth-order valence-corrected chi connectivity index (χ4v) is 2.44. The quantitative estimate of drug-likeness (QED) is 0.725. The van der Waals surface area contributed by atoms with E-state index in [1.807, 2.05) is 38.1 Å². The molecule has 1 atom stereocenters. The monoisotopic (exact) mass is 339 g/mol. The van der Waals surface area contributed by atoms with Crippen LogP contribution in [-0.4, -0.2) is 17.9 Å². The SMILES string of the molecule is CCCC(N)C(=O)Nc1ccccc1C(=O)NCc1ccc(C)cc1. The Morgan fingerprint density at radius 3 is 2.44 bits per heavy atom. The van der Waals surface area contributed by atoms with Gasteiger partial charge in [-0.15, -0.1) is 0 Å². The van der Waals surface area contributed by atoms with Crippen LogP contribution in [0.5, 0.6) is 0 Å². The molecule has 0 bridgehead atoms. The van der Waals surface area contributed by atoms with Crippen molar-refractivity contribution >= 4 is 17.5 Å². The maximum absolute atomic E-state index is 12.5. The summed E-state index contributed by atoms with van der Waals surface area (Å²) in [4.78, 5) is 24.6. The molecule has 2 aromatic rings. The van der Waals surface area contributed by atoms with Gasteiger partial charge in [0.1, 0.15) is 0 Å². The van der Waals surface area contributed by atoms with Crippen molar-refractivity contribution in [3.8, 4) is 0 Å². The summed E-state index contributed by atoms with van der Waals surface area (Å²) in [6.45, 7) is 4.42. The van der Waals surface area contributed by atoms with Crippen LogP contribution in [0.4, 0.5) is 5.69 Å². The van der Waals surface area contributed by atoms with E-state index in [0.29, 0.717) is 24.2 Å². The van der Waals surface area contributed by atoms with Crippen LogP contribution in [0.1, 0.15) is 41.3 Å². The summed E-state index contributed by atoms with van der Waals surface area (Å²) >= 11 is 0. The van der Waals surface area contributed by atoms with Crippen molar-refractivity contribution in [2.24, 2.45) is 5.73 Å². The maximum Gasteiger partial charge on any atom is 0.253 e. The molecule has 0 heterocycles. The highest BCUT2D eigenvalue weighted by Crippen LogP contribution is 2.16. The van der Waals surface area contributed by atoms with E-state index in [9.17, 15) is 9.59 Å². The van der Waals surface area contributed by atoms with Crippen LogP contribution in [0.3, 0.4) is 0 Å². The van der Waals surface area contributed by atoms with Gasteiger partial charge in [-0.3, -0.25) is 9.59 Å². The first kappa shape index (κ1) is 18.7. The van der Waals surface area contributed by atoms with Crippen LogP contribution < -0.4 is 16.4 Å². The minimum atomic E-state index is -0.575. The van der Waals surface area contributed by atoms with Gasteiger partial charge in [-0.2, -0.15) is 0 Å². The number of hydrogen-bond acceptors (Lipinski definition) is 3. The number of benzene rings is 2. The molecule has 5 nitrogen and oxygen atoms in total. The molecule has 0 spiro atoms. The third-order valence-corrected chi connectivity index (χ3v) is 3.94. The lowest BCUT2D eigenvalue weighted by Gasteiger charge is -2.14. The number of aryl methyl sites for hydroxylation is 1. The molecule has 25 heavy (non-hydrogen) atoms. The molecule has 1 unspecified atom stereocenters. The Morgan fingerprint density at radius 1 is 1.08 bits per heavy atom. The van der Waals surface area contributed by atoms with Crippen molar-refractivity contribution in [3.05, 3.63) is 65.2 Å². The third kappa shape index (κ3) is 5.43. The Bertz CT molecular complexity index is 726. The van der Waals surface area contributed by atoms with E-state index >= 15 is 0 Å². The van der Waals surface area contributed by atoms with Gasteiger partial charge < -0.3 is 16.4 Å². The average Bonchev–Trinajstić information content (AvgIpc) is 2.61. The molecule has 0 fully saturated rings. The summed E-state index contributed by atoms with van der Waals surface area (Å²) in [6.07, 6.45) is 1.43. The number of hydrogen-bond donors (Lipinski definition) is 3. The second kappa shape index (κ2) is 8.99. The lowest BCUT2D eigenvalue weighted by molar-refractivity contribution is -0.117. The first-order chi connectivity index (χ1) is 12.0. The fraction of sp³-hybridized carbons (Fsp3) is 0.300. The van der Waals surface area contributed by atoms with Gasteiger partial charge >= 0.3 is 0 Å². The highest BCUT2D eigenvalue weighted by Gasteiger charge is 2.16. The van der Waals surface area contributed by atoms with Crippen molar-refractivity contribution in [2.75, 3.05) is 5.32 Å². The zero-order valence-corrected chi connectivity index (χ0v) is 14.7. The van der Waals surface area contributed by atoms with Crippen molar-refractivity contribution in [1.82, 2.24) is 5.32 Å². The predicted molar refractivity (Wildman–Crippen MR) is 100 cm³/mol. The number of rotatable bonds is 7. The topological polar surface area (TPSA) is 84.2 Å². The van der Waals surface area contributed by atoms with E-state index in [1.54, 1.807) is 24.3 Å². The van der Waals surface area contributed by atoms with E-state index in [-0.39, 0.29) is 11.8 Å². The molecular formula is C20H25N3O2. The summed E-state index contributed by atoms with van der Waals surface area (Å²) in [5.41, 5.74) is 8.92. The molecule has 2 amide bonds. The molecule has 5 heteroatoms. The molecular weight excluding hydrogens is 314 g/mol. The lowest BCUT2D eigenvalue weighted by Crippen LogP contribution is -2.36. The second-order valence-corrected chi connectivity index (χ2v) is 6.10. The van der Waals surface area contributed by atoms with Crippen molar-refractivity contribution in [3.63, 3.8) is 0 Å². The molecule has 4 N–H and O–H groups in total. The van der Waals surface area contributed by atoms with Crippen LogP contribution in [0, 0.1) is 6.92 Å². The molecule has 0 saturated heterocycles. The van der Waals surface area contributed by atoms with Gasteiger partial charge in [0.25, 0.3) is 5.91 Å². The molecule has 0 aliphatic carbocycles. The zero-order chi connectivity index (χ0) is 18.2. The Balaban J connectivity index is 2.04. The van der Waals surface area contributed by atoms with Crippen molar-refractivity contribution in [1.29, 1.82) is 0 Å². The standard InChI is InChI=1S/C20H25N3O2/c1-3-6-17(21)20(25)23-18-8-5-4-7-16(18)19(24)22-13-15-11-9-14(2)10-12-15/h4-5,7-12,17H,3,6,13,21H2,1-2H3,(H,22,24)(H,23,25). The third-order valence-electron chi connectivity index (χ3n) is 3.94. The summed E-state index contributed by atoms with van der Waals surface area (Å²) in [5, 5.41) is 5.64. The van der Waals surface area contributed by atoms with Crippen LogP contribution >= 0.6 is 0 Å². The molecule has 0 aliphatic rings. The Kier molecular flexibility index (Phi) is 6.71. The van der Waals surface area contributed by atoms with Crippen molar-refractivity contribution < 1.29 is 9.59 Å². The molecule has 132 valence electrons. The number of anilines is 1. The zero-order valence-electron chi connectivity index (χ0n) is 14.7. The van der Waals surface area contributed by atoms with Gasteiger partial charge in [-0.05, 0) is 31.0 Å². The Hall–Kier alpha value is -2.66. The smallest absolute Gasteiger partial charge is 0.253 e. The van der Waals surface area contributed by atoms with E-state index in [1.165, 1.54) is 5.56 Å². The summed E-state index contributed by atoms with van der Waals surface area (Å²) in [5.74, 6) is -0.513. The fourth-order valence-electron chi connectivity index (χ4n) is 2.44.